The normalized spacial score (nSPS) is 21.9. The maximum Gasteiger partial charge on any atom is 0.315 e. The van der Waals surface area contributed by atoms with Crippen LogP contribution in [0.1, 0.15) is 59.5 Å². The summed E-state index contributed by atoms with van der Waals surface area (Å²) in [5, 5.41) is 18.5. The van der Waals surface area contributed by atoms with Gasteiger partial charge >= 0.3 is 6.03 Å². The Morgan fingerprint density at radius 2 is 1.38 bits per heavy atom. The van der Waals surface area contributed by atoms with Crippen molar-refractivity contribution in [3.05, 3.63) is 137 Å². The Balaban J connectivity index is 0.994. The van der Waals surface area contributed by atoms with Crippen molar-refractivity contribution in [1.29, 1.82) is 0 Å². The topological polar surface area (TPSA) is 115 Å². The second kappa shape index (κ2) is 15.4. The van der Waals surface area contributed by atoms with Crippen molar-refractivity contribution in [2.75, 3.05) is 31.2 Å². The Labute approximate surface area is 293 Å². The van der Waals surface area contributed by atoms with E-state index >= 15 is 0 Å². The second-order valence-corrected chi connectivity index (χ2v) is 13.4. The minimum Gasteiger partial charge on any atom is -0.392 e. The summed E-state index contributed by atoms with van der Waals surface area (Å²) < 4.78 is 13.2. The zero-order chi connectivity index (χ0) is 34.3. The first-order chi connectivity index (χ1) is 24.5. The Bertz CT molecular complexity index is 1710. The molecule has 0 aliphatic carbocycles. The van der Waals surface area contributed by atoms with E-state index in [-0.39, 0.29) is 30.8 Å². The molecule has 3 atom stereocenters. The van der Waals surface area contributed by atoms with Crippen LogP contribution in [0.4, 0.5) is 10.5 Å². The van der Waals surface area contributed by atoms with Crippen LogP contribution in [0.3, 0.4) is 0 Å². The number of likely N-dealkylation sites (tertiary alicyclic amines) is 1. The summed E-state index contributed by atoms with van der Waals surface area (Å²) in [6, 6.07) is 35.7. The minimum atomic E-state index is -0.572. The smallest absolute Gasteiger partial charge is 0.315 e. The summed E-state index contributed by atoms with van der Waals surface area (Å²) in [6.45, 7) is 3.69. The lowest BCUT2D eigenvalue weighted by atomic mass is 9.85. The molecule has 3 amide bonds. The zero-order valence-corrected chi connectivity index (χ0v) is 28.2. The number of aliphatic hydroxyl groups excluding tert-OH is 1. The van der Waals surface area contributed by atoms with Crippen molar-refractivity contribution in [2.24, 2.45) is 0 Å². The van der Waals surface area contributed by atoms with Crippen molar-refractivity contribution in [3.63, 3.8) is 0 Å². The van der Waals surface area contributed by atoms with Gasteiger partial charge in [0.2, 0.25) is 5.91 Å². The fraction of sp³-hybridized carbons (Fsp3) is 0.350. The van der Waals surface area contributed by atoms with Crippen LogP contribution in [0.2, 0.25) is 0 Å². The van der Waals surface area contributed by atoms with Gasteiger partial charge in [0.15, 0.2) is 6.29 Å². The highest BCUT2D eigenvalue weighted by atomic mass is 16.7. The van der Waals surface area contributed by atoms with Crippen molar-refractivity contribution in [3.8, 4) is 0 Å². The second-order valence-electron chi connectivity index (χ2n) is 13.4. The molecule has 10 heteroatoms. The van der Waals surface area contributed by atoms with Gasteiger partial charge in [-0.2, -0.15) is 0 Å². The van der Waals surface area contributed by atoms with Gasteiger partial charge in [0.25, 0.3) is 0 Å². The van der Waals surface area contributed by atoms with E-state index in [2.05, 4.69) is 37.9 Å². The minimum absolute atomic E-state index is 0.00771. The molecule has 50 heavy (non-hydrogen) atoms. The molecular formula is C40H45N5O5. The third kappa shape index (κ3) is 7.69. The fourth-order valence-corrected chi connectivity index (χ4v) is 7.27. The van der Waals surface area contributed by atoms with Crippen LogP contribution in [0.5, 0.6) is 0 Å². The highest BCUT2D eigenvalue weighted by Gasteiger charge is 2.50. The lowest BCUT2D eigenvalue weighted by Crippen LogP contribution is -2.57. The van der Waals surface area contributed by atoms with E-state index in [4.69, 9.17) is 9.47 Å². The third-order valence-corrected chi connectivity index (χ3v) is 10.2. The number of hydrogen-bond acceptors (Lipinski definition) is 7. The number of nitrogens with one attached hydrogen (secondary N) is 3. The largest absolute Gasteiger partial charge is 0.392 e. The van der Waals surface area contributed by atoms with E-state index in [0.29, 0.717) is 26.2 Å². The van der Waals surface area contributed by atoms with E-state index in [0.717, 1.165) is 66.0 Å². The number of para-hydroxylation sites is 1. The zero-order valence-electron chi connectivity index (χ0n) is 28.2. The predicted octanol–water partition coefficient (Wildman–Crippen LogP) is 5.15. The first-order valence-electron chi connectivity index (χ1n) is 17.5. The first kappa shape index (κ1) is 33.7. The van der Waals surface area contributed by atoms with Crippen LogP contribution in [0.25, 0.3) is 0 Å². The number of benzene rings is 4. The van der Waals surface area contributed by atoms with Crippen LogP contribution in [0, 0.1) is 0 Å². The Hall–Kier alpha value is -4.74. The maximum absolute atomic E-state index is 13.2. The lowest BCUT2D eigenvalue weighted by molar-refractivity contribution is -0.253. The van der Waals surface area contributed by atoms with Gasteiger partial charge in [0.05, 0.1) is 25.5 Å². The number of hydrogen-bond donors (Lipinski definition) is 4. The van der Waals surface area contributed by atoms with Crippen LogP contribution in [0.15, 0.2) is 109 Å². The quantitative estimate of drug-likeness (QED) is 0.184. The van der Waals surface area contributed by atoms with Gasteiger partial charge < -0.3 is 40.3 Å². The molecule has 3 saturated heterocycles. The van der Waals surface area contributed by atoms with Crippen LogP contribution >= 0.6 is 0 Å². The first-order valence-corrected chi connectivity index (χ1v) is 17.5. The van der Waals surface area contributed by atoms with Crippen molar-refractivity contribution >= 4 is 17.6 Å². The van der Waals surface area contributed by atoms with Gasteiger partial charge in [-0.1, -0.05) is 97.1 Å². The molecule has 7 rings (SSSR count). The van der Waals surface area contributed by atoms with Crippen molar-refractivity contribution in [2.45, 2.75) is 63.0 Å². The van der Waals surface area contributed by atoms with E-state index in [1.807, 2.05) is 97.1 Å². The van der Waals surface area contributed by atoms with Crippen LogP contribution in [-0.4, -0.2) is 59.9 Å². The summed E-state index contributed by atoms with van der Waals surface area (Å²) in [5.41, 5.74) is 5.35. The molecule has 4 aromatic rings. The molecule has 1 spiro atoms. The Morgan fingerprint density at radius 3 is 2.04 bits per heavy atom. The number of anilines is 1. The molecule has 0 unspecified atom stereocenters. The van der Waals surface area contributed by atoms with Gasteiger partial charge in [0.1, 0.15) is 5.54 Å². The molecular weight excluding hydrogens is 630 g/mol. The number of urea groups is 1. The molecule has 3 fully saturated rings. The molecule has 0 aromatic heterocycles. The number of piperidine rings is 1. The molecule has 0 bridgehead atoms. The molecule has 3 aliphatic heterocycles. The highest BCUT2D eigenvalue weighted by molar-refractivity contribution is 5.93. The SMILES string of the molecule is O=C(NCc1ccccc1)NCc1ccc([C@H]2O[C@@H](CN3CCC4(CC3)C(=O)NCN4c3ccccc3)C[C@@H](c3ccc(CO)cc3)O2)cc1. The molecule has 4 aromatic carbocycles. The van der Waals surface area contributed by atoms with Crippen molar-refractivity contribution < 1.29 is 24.2 Å². The summed E-state index contributed by atoms with van der Waals surface area (Å²) in [6.07, 6.45) is 1.32. The van der Waals surface area contributed by atoms with Crippen LogP contribution < -0.4 is 20.9 Å². The fourth-order valence-electron chi connectivity index (χ4n) is 7.27. The third-order valence-electron chi connectivity index (χ3n) is 10.2. The Morgan fingerprint density at radius 1 is 0.780 bits per heavy atom. The molecule has 3 heterocycles. The Kier molecular flexibility index (Phi) is 10.4. The number of rotatable bonds is 10. The number of carbonyl (C=O) groups excluding carboxylic acids is 2. The van der Waals surface area contributed by atoms with E-state index in [9.17, 15) is 14.7 Å². The van der Waals surface area contributed by atoms with Crippen LogP contribution in [-0.2, 0) is 34.0 Å². The van der Waals surface area contributed by atoms with E-state index in [1.54, 1.807) is 0 Å². The van der Waals surface area contributed by atoms with E-state index < -0.39 is 11.8 Å². The summed E-state index contributed by atoms with van der Waals surface area (Å²) in [7, 11) is 0. The van der Waals surface area contributed by atoms with Gasteiger partial charge in [-0.05, 0) is 47.2 Å². The monoisotopic (exact) mass is 675 g/mol. The highest BCUT2D eigenvalue weighted by Crippen LogP contribution is 2.40. The standard InChI is InChI=1S/C40H45N5O5/c46-27-31-13-15-32(16-14-31)36-23-35(26-44-21-19-40(20-22-44)38(47)43-28-45(40)34-9-5-2-6-10-34)49-37(50-36)33-17-11-30(12-18-33)25-42-39(48)41-24-29-7-3-1-4-8-29/h1-18,35-37,46H,19-28H2,(H,43,47)(H2,41,42,48)/t35-,36+,37+/m1/s1. The van der Waals surface area contributed by atoms with Gasteiger partial charge in [-0.25, -0.2) is 4.79 Å². The average Bonchev–Trinajstić information content (AvgIpc) is 3.49. The maximum atomic E-state index is 13.2. The average molecular weight is 676 g/mol. The van der Waals surface area contributed by atoms with Gasteiger partial charge in [-0.15, -0.1) is 0 Å². The summed E-state index contributed by atoms with van der Waals surface area (Å²) >= 11 is 0. The number of nitrogens with zero attached hydrogens (tertiary/aromatic N) is 2. The summed E-state index contributed by atoms with van der Waals surface area (Å²) in [4.78, 5) is 30.2. The van der Waals surface area contributed by atoms with E-state index in [1.165, 1.54) is 0 Å². The molecule has 0 saturated carbocycles. The molecule has 0 radical (unpaired) electrons. The van der Waals surface area contributed by atoms with Gasteiger partial charge in [-0.3, -0.25) is 4.79 Å². The summed E-state index contributed by atoms with van der Waals surface area (Å²) in [5.74, 6) is 0.112. The molecule has 4 N–H and O–H groups in total. The number of aliphatic hydroxyl groups is 1. The van der Waals surface area contributed by atoms with Gasteiger partial charge in [0, 0.05) is 50.4 Å². The predicted molar refractivity (Wildman–Crippen MR) is 191 cm³/mol. The number of ether oxygens (including phenoxy) is 2. The molecule has 10 nitrogen and oxygen atoms in total. The lowest BCUT2D eigenvalue weighted by Gasteiger charge is -2.45. The number of amides is 3. The van der Waals surface area contributed by atoms with Crippen molar-refractivity contribution in [1.82, 2.24) is 20.9 Å². The number of carbonyl (C=O) groups is 2. The molecule has 260 valence electrons. The molecule has 3 aliphatic rings.